The molecule has 0 spiro atoms. The van der Waals surface area contributed by atoms with Crippen molar-refractivity contribution in [1.29, 1.82) is 0 Å². The zero-order valence-corrected chi connectivity index (χ0v) is 15.2. The molecule has 1 aliphatic heterocycles. The van der Waals surface area contributed by atoms with Crippen LogP contribution in [-0.4, -0.2) is 32.5 Å². The molecule has 26 heavy (non-hydrogen) atoms. The average Bonchev–Trinajstić information content (AvgIpc) is 2.90. The molecular formula is C18H19N3O4S. The lowest BCUT2D eigenvalue weighted by molar-refractivity contribution is 0.0998. The summed E-state index contributed by atoms with van der Waals surface area (Å²) in [6, 6.07) is 11.0. The fourth-order valence-corrected chi connectivity index (χ4v) is 4.43. The van der Waals surface area contributed by atoms with Gasteiger partial charge in [-0.15, -0.1) is 0 Å². The number of nitrogens with zero attached hydrogens (tertiary/aromatic N) is 1. The van der Waals surface area contributed by atoms with Crippen molar-refractivity contribution < 1.29 is 18.0 Å². The van der Waals surface area contributed by atoms with E-state index in [0.29, 0.717) is 28.9 Å². The van der Waals surface area contributed by atoms with Crippen molar-refractivity contribution in [2.75, 3.05) is 15.9 Å². The van der Waals surface area contributed by atoms with Gasteiger partial charge in [-0.1, -0.05) is 0 Å². The van der Waals surface area contributed by atoms with Gasteiger partial charge in [0, 0.05) is 22.9 Å². The predicted molar refractivity (Wildman–Crippen MR) is 99.8 cm³/mol. The van der Waals surface area contributed by atoms with Gasteiger partial charge in [-0.3, -0.25) is 13.9 Å². The number of rotatable bonds is 4. The lowest BCUT2D eigenvalue weighted by Crippen LogP contribution is -2.34. The second kappa shape index (κ2) is 6.45. The molecule has 2 amide bonds. The normalized spacial score (nSPS) is 16.2. The maximum Gasteiger partial charge on any atom is 0.255 e. The van der Waals surface area contributed by atoms with Crippen LogP contribution in [0, 0.1) is 0 Å². The summed E-state index contributed by atoms with van der Waals surface area (Å²) in [5.74, 6) is -0.851. The third-order valence-electron chi connectivity index (χ3n) is 4.28. The van der Waals surface area contributed by atoms with E-state index in [0.717, 1.165) is 5.56 Å². The molecule has 0 saturated carbocycles. The summed E-state index contributed by atoms with van der Waals surface area (Å²) < 4.78 is 25.3. The molecule has 7 nitrogen and oxygen atoms in total. The summed E-state index contributed by atoms with van der Waals surface area (Å²) >= 11 is 0. The molecule has 0 fully saturated rings. The number of benzene rings is 2. The summed E-state index contributed by atoms with van der Waals surface area (Å²) in [5.41, 5.74) is 7.95. The fourth-order valence-electron chi connectivity index (χ4n) is 3.17. The number of carbonyl (C=O) groups excluding carboxylic acids is 2. The van der Waals surface area contributed by atoms with E-state index in [4.69, 9.17) is 5.73 Å². The fraction of sp³-hybridized carbons (Fsp3) is 0.222. The summed E-state index contributed by atoms with van der Waals surface area (Å²) in [7, 11) is -3.36. The summed E-state index contributed by atoms with van der Waals surface area (Å²) in [5, 5.41) is 2.75. The Morgan fingerprint density at radius 1 is 1.12 bits per heavy atom. The molecule has 0 aliphatic carbocycles. The molecule has 2 aromatic rings. The van der Waals surface area contributed by atoms with E-state index in [9.17, 15) is 18.0 Å². The molecule has 136 valence electrons. The highest BCUT2D eigenvalue weighted by Crippen LogP contribution is 2.34. The molecule has 3 N–H and O–H groups in total. The van der Waals surface area contributed by atoms with Crippen LogP contribution in [0.1, 0.15) is 33.2 Å². The molecule has 3 rings (SSSR count). The SMILES string of the molecule is C[C@@H]1Cc2cc(C(=O)Nc3ccc(C(N)=O)cc3)ccc2N1S(C)(=O)=O. The number of amides is 2. The van der Waals surface area contributed by atoms with Crippen molar-refractivity contribution in [1.82, 2.24) is 0 Å². The second-order valence-corrected chi connectivity index (χ2v) is 8.21. The van der Waals surface area contributed by atoms with E-state index in [2.05, 4.69) is 5.32 Å². The van der Waals surface area contributed by atoms with E-state index in [1.807, 2.05) is 6.92 Å². The smallest absolute Gasteiger partial charge is 0.255 e. The molecule has 8 heteroatoms. The van der Waals surface area contributed by atoms with Gasteiger partial charge in [0.25, 0.3) is 5.91 Å². The zero-order valence-electron chi connectivity index (χ0n) is 14.4. The van der Waals surface area contributed by atoms with Gasteiger partial charge >= 0.3 is 0 Å². The Morgan fingerprint density at radius 2 is 1.73 bits per heavy atom. The van der Waals surface area contributed by atoms with Gasteiger partial charge in [-0.2, -0.15) is 0 Å². The van der Waals surface area contributed by atoms with E-state index in [1.54, 1.807) is 30.3 Å². The van der Waals surface area contributed by atoms with Crippen molar-refractivity contribution in [3.05, 3.63) is 59.2 Å². The molecule has 0 unspecified atom stereocenters. The summed E-state index contributed by atoms with van der Waals surface area (Å²) in [6.07, 6.45) is 1.73. The Balaban J connectivity index is 1.82. The third kappa shape index (κ3) is 3.41. The topological polar surface area (TPSA) is 110 Å². The molecule has 0 radical (unpaired) electrons. The zero-order chi connectivity index (χ0) is 19.1. The first-order chi connectivity index (χ1) is 12.2. The first-order valence-electron chi connectivity index (χ1n) is 8.00. The van der Waals surface area contributed by atoms with Gasteiger partial charge in [0.1, 0.15) is 0 Å². The number of primary amides is 1. The Labute approximate surface area is 151 Å². The van der Waals surface area contributed by atoms with E-state index in [-0.39, 0.29) is 11.9 Å². The number of sulfonamides is 1. The number of hydrogen-bond donors (Lipinski definition) is 2. The van der Waals surface area contributed by atoms with Crippen LogP contribution in [-0.2, 0) is 16.4 Å². The highest BCUT2D eigenvalue weighted by atomic mass is 32.2. The standard InChI is InChI=1S/C18H19N3O4S/c1-11-9-14-10-13(5-8-16(14)21(11)26(2,24)25)18(23)20-15-6-3-12(4-7-15)17(19)22/h3-8,10-11H,9H2,1-2H3,(H2,19,22)(H,20,23)/t11-/m1/s1. The minimum atomic E-state index is -3.36. The number of fused-ring (bicyclic) bond motifs is 1. The maximum absolute atomic E-state index is 12.5. The lowest BCUT2D eigenvalue weighted by Gasteiger charge is -2.21. The first kappa shape index (κ1) is 17.9. The molecular weight excluding hydrogens is 354 g/mol. The summed E-state index contributed by atoms with van der Waals surface area (Å²) in [6.45, 7) is 1.83. The van der Waals surface area contributed by atoms with Gasteiger partial charge in [0.2, 0.25) is 15.9 Å². The first-order valence-corrected chi connectivity index (χ1v) is 9.85. The quantitative estimate of drug-likeness (QED) is 0.851. The number of nitrogens with one attached hydrogen (secondary N) is 1. The minimum absolute atomic E-state index is 0.181. The Kier molecular flexibility index (Phi) is 4.45. The van der Waals surface area contributed by atoms with Gasteiger partial charge < -0.3 is 11.1 Å². The molecule has 0 aromatic heterocycles. The summed E-state index contributed by atoms with van der Waals surface area (Å²) in [4.78, 5) is 23.5. The molecule has 2 aromatic carbocycles. The Morgan fingerprint density at radius 3 is 2.31 bits per heavy atom. The lowest BCUT2D eigenvalue weighted by atomic mass is 10.1. The second-order valence-electron chi connectivity index (χ2n) is 6.35. The van der Waals surface area contributed by atoms with Crippen LogP contribution in [0.25, 0.3) is 0 Å². The van der Waals surface area contributed by atoms with Crippen molar-refractivity contribution in [3.8, 4) is 0 Å². The van der Waals surface area contributed by atoms with Gasteiger partial charge in [0.15, 0.2) is 0 Å². The van der Waals surface area contributed by atoms with E-state index in [1.165, 1.54) is 22.7 Å². The van der Waals surface area contributed by atoms with Crippen molar-refractivity contribution in [3.63, 3.8) is 0 Å². The molecule has 0 saturated heterocycles. The molecule has 0 bridgehead atoms. The Bertz CT molecular complexity index is 984. The molecule has 1 heterocycles. The van der Waals surface area contributed by atoms with Crippen LogP contribution in [0.4, 0.5) is 11.4 Å². The Hall–Kier alpha value is -2.87. The number of carbonyl (C=O) groups is 2. The highest BCUT2D eigenvalue weighted by molar-refractivity contribution is 7.92. The number of hydrogen-bond acceptors (Lipinski definition) is 4. The van der Waals surface area contributed by atoms with Crippen molar-refractivity contribution in [2.45, 2.75) is 19.4 Å². The van der Waals surface area contributed by atoms with E-state index >= 15 is 0 Å². The van der Waals surface area contributed by atoms with Gasteiger partial charge in [0.05, 0.1) is 11.9 Å². The monoisotopic (exact) mass is 373 g/mol. The molecule has 1 aliphatic rings. The maximum atomic E-state index is 12.5. The average molecular weight is 373 g/mol. The third-order valence-corrected chi connectivity index (χ3v) is 5.55. The number of anilines is 2. The predicted octanol–water partition coefficient (Wildman–Crippen LogP) is 1.75. The highest BCUT2D eigenvalue weighted by Gasteiger charge is 2.32. The molecule has 1 atom stereocenters. The number of nitrogens with two attached hydrogens (primary N) is 1. The van der Waals surface area contributed by atoms with Crippen LogP contribution >= 0.6 is 0 Å². The largest absolute Gasteiger partial charge is 0.366 e. The minimum Gasteiger partial charge on any atom is -0.366 e. The van der Waals surface area contributed by atoms with Gasteiger partial charge in [-0.05, 0) is 61.4 Å². The van der Waals surface area contributed by atoms with E-state index < -0.39 is 15.9 Å². The van der Waals surface area contributed by atoms with Crippen LogP contribution < -0.4 is 15.4 Å². The van der Waals surface area contributed by atoms with Crippen LogP contribution in [0.3, 0.4) is 0 Å². The van der Waals surface area contributed by atoms with Crippen LogP contribution in [0.15, 0.2) is 42.5 Å². The van der Waals surface area contributed by atoms with Gasteiger partial charge in [-0.25, -0.2) is 8.42 Å². The van der Waals surface area contributed by atoms with Crippen molar-refractivity contribution >= 4 is 33.2 Å². The van der Waals surface area contributed by atoms with Crippen molar-refractivity contribution in [2.24, 2.45) is 5.73 Å². The van der Waals surface area contributed by atoms with Crippen LogP contribution in [0.5, 0.6) is 0 Å². The van der Waals surface area contributed by atoms with Crippen LogP contribution in [0.2, 0.25) is 0 Å².